The van der Waals surface area contributed by atoms with E-state index in [2.05, 4.69) is 15.5 Å². The van der Waals surface area contributed by atoms with Crippen LogP contribution in [0.25, 0.3) is 17.0 Å². The lowest BCUT2D eigenvalue weighted by Crippen LogP contribution is -2.46. The van der Waals surface area contributed by atoms with Gasteiger partial charge in [-0.1, -0.05) is 46.6 Å². The van der Waals surface area contributed by atoms with Crippen LogP contribution in [0.15, 0.2) is 83.0 Å². The van der Waals surface area contributed by atoms with Crippen LogP contribution in [0.5, 0.6) is 0 Å². The minimum Gasteiger partial charge on any atom is -0.334 e. The summed E-state index contributed by atoms with van der Waals surface area (Å²) >= 11 is 12.3. The van der Waals surface area contributed by atoms with E-state index >= 15 is 0 Å². The number of aromatic nitrogens is 2. The third kappa shape index (κ3) is 4.16. The summed E-state index contributed by atoms with van der Waals surface area (Å²) in [5.74, 6) is 0.168. The van der Waals surface area contributed by atoms with E-state index in [0.29, 0.717) is 38.4 Å². The van der Waals surface area contributed by atoms with Crippen LogP contribution in [0.2, 0.25) is 10.0 Å². The zero-order valence-corrected chi connectivity index (χ0v) is 19.3. The summed E-state index contributed by atoms with van der Waals surface area (Å²) in [4.78, 5) is 19.3. The molecule has 0 fully saturated rings. The molecular formula is C25H17Cl2FN4O2. The molecule has 34 heavy (non-hydrogen) atoms. The van der Waals surface area contributed by atoms with Crippen molar-refractivity contribution >= 4 is 40.5 Å². The Hall–Kier alpha value is -3.68. The molecule has 1 N–H and O–H groups in total. The minimum absolute atomic E-state index is 0.226. The summed E-state index contributed by atoms with van der Waals surface area (Å²) in [6.45, 7) is 1.81. The van der Waals surface area contributed by atoms with E-state index in [4.69, 9.17) is 27.7 Å². The molecule has 0 spiro atoms. The van der Waals surface area contributed by atoms with E-state index in [1.165, 1.54) is 17.0 Å². The van der Waals surface area contributed by atoms with Crippen molar-refractivity contribution in [3.63, 3.8) is 0 Å². The lowest BCUT2D eigenvalue weighted by Gasteiger charge is -2.35. The number of hydrogen-bond donors (Lipinski definition) is 1. The van der Waals surface area contributed by atoms with E-state index in [-0.39, 0.29) is 17.7 Å². The van der Waals surface area contributed by atoms with Crippen LogP contribution in [0.4, 0.5) is 14.9 Å². The van der Waals surface area contributed by atoms with Crippen LogP contribution in [0, 0.1) is 5.82 Å². The average Bonchev–Trinajstić information content (AvgIpc) is 3.29. The number of allylic oxidation sites excluding steroid dienone is 1. The smallest absolute Gasteiger partial charge is 0.326 e. The number of carbonyl (C=O) groups excluding carboxylic acids is 1. The summed E-state index contributed by atoms with van der Waals surface area (Å²) in [5, 5.41) is 8.17. The number of halogens is 3. The van der Waals surface area contributed by atoms with Crippen LogP contribution in [-0.2, 0) is 0 Å². The predicted octanol–water partition coefficient (Wildman–Crippen LogP) is 6.88. The number of hydrogen-bond acceptors (Lipinski definition) is 4. The quantitative estimate of drug-likeness (QED) is 0.335. The second-order valence-corrected chi connectivity index (χ2v) is 8.55. The second kappa shape index (κ2) is 8.93. The van der Waals surface area contributed by atoms with Crippen LogP contribution in [0.3, 0.4) is 0 Å². The van der Waals surface area contributed by atoms with Gasteiger partial charge in [-0.25, -0.2) is 9.18 Å². The highest BCUT2D eigenvalue weighted by atomic mass is 35.5. The molecule has 9 heteroatoms. The Morgan fingerprint density at radius 3 is 2.44 bits per heavy atom. The number of carbonyl (C=O) groups is 1. The zero-order chi connectivity index (χ0) is 23.8. The van der Waals surface area contributed by atoms with Gasteiger partial charge in [0.15, 0.2) is 0 Å². The number of rotatable bonds is 4. The Bertz CT molecular complexity index is 1400. The van der Waals surface area contributed by atoms with Gasteiger partial charge in [-0.15, -0.1) is 0 Å². The maximum absolute atomic E-state index is 13.4. The van der Waals surface area contributed by atoms with Crippen molar-refractivity contribution in [3.8, 4) is 11.4 Å². The number of benzene rings is 3. The van der Waals surface area contributed by atoms with E-state index in [9.17, 15) is 9.18 Å². The molecule has 0 saturated carbocycles. The average molecular weight is 495 g/mol. The highest BCUT2D eigenvalue weighted by Crippen LogP contribution is 2.39. The molecule has 6 nitrogen and oxygen atoms in total. The maximum Gasteiger partial charge on any atom is 0.326 e. The lowest BCUT2D eigenvalue weighted by atomic mass is 9.94. The highest BCUT2D eigenvalue weighted by Gasteiger charge is 2.36. The molecule has 1 aliphatic rings. The van der Waals surface area contributed by atoms with Gasteiger partial charge < -0.3 is 9.84 Å². The van der Waals surface area contributed by atoms with Gasteiger partial charge in [0.25, 0.3) is 5.89 Å². The summed E-state index contributed by atoms with van der Waals surface area (Å²) in [6, 6.07) is 19.0. The summed E-state index contributed by atoms with van der Waals surface area (Å²) < 4.78 is 19.0. The standard InChI is InChI=1S/C25H17Cl2FN4O2/c1-14-21(24-30-23(31-34-24)16-7-11-19(28)12-8-16)22(15-5-9-17(26)10-6-15)29-25(33)32(14)20-4-2-3-18(27)13-20/h2-13,22H,1H3,(H,29,33). The van der Waals surface area contributed by atoms with Gasteiger partial charge in [-0.3, -0.25) is 4.90 Å². The molecule has 170 valence electrons. The van der Waals surface area contributed by atoms with E-state index in [1.807, 2.05) is 12.1 Å². The molecule has 5 rings (SSSR count). The molecule has 3 aromatic carbocycles. The fourth-order valence-electron chi connectivity index (χ4n) is 3.90. The van der Waals surface area contributed by atoms with Gasteiger partial charge in [0.1, 0.15) is 5.82 Å². The zero-order valence-electron chi connectivity index (χ0n) is 17.8. The molecule has 1 aliphatic heterocycles. The minimum atomic E-state index is -0.568. The van der Waals surface area contributed by atoms with Gasteiger partial charge in [0.05, 0.1) is 17.3 Å². The summed E-state index contributed by atoms with van der Waals surface area (Å²) in [5.41, 5.74) is 3.19. The van der Waals surface area contributed by atoms with Gasteiger partial charge in [0.2, 0.25) is 5.82 Å². The van der Waals surface area contributed by atoms with Gasteiger partial charge >= 0.3 is 6.03 Å². The van der Waals surface area contributed by atoms with Gasteiger partial charge in [0, 0.05) is 21.3 Å². The Morgan fingerprint density at radius 1 is 1.00 bits per heavy atom. The molecule has 0 saturated heterocycles. The Balaban J connectivity index is 1.65. The monoisotopic (exact) mass is 494 g/mol. The molecule has 0 radical (unpaired) electrons. The van der Waals surface area contributed by atoms with E-state index in [0.717, 1.165) is 5.56 Å². The van der Waals surface area contributed by atoms with Crippen molar-refractivity contribution in [2.24, 2.45) is 0 Å². The Morgan fingerprint density at radius 2 is 1.74 bits per heavy atom. The first kappa shape index (κ1) is 22.1. The van der Waals surface area contributed by atoms with Crippen LogP contribution < -0.4 is 10.2 Å². The third-order valence-corrected chi connectivity index (χ3v) is 6.00. The molecule has 0 aliphatic carbocycles. The Kier molecular flexibility index (Phi) is 5.81. The SMILES string of the molecule is CC1=C(c2nc(-c3ccc(F)cc3)no2)C(c2ccc(Cl)cc2)NC(=O)N1c1cccc(Cl)c1. The normalized spacial score (nSPS) is 16.1. The molecule has 4 aromatic rings. The van der Waals surface area contributed by atoms with Crippen molar-refractivity contribution in [2.75, 3.05) is 4.90 Å². The number of anilines is 1. The highest BCUT2D eigenvalue weighted by molar-refractivity contribution is 6.31. The summed E-state index contributed by atoms with van der Waals surface area (Å²) in [6.07, 6.45) is 0. The van der Waals surface area contributed by atoms with E-state index in [1.54, 1.807) is 55.5 Å². The second-order valence-electron chi connectivity index (χ2n) is 7.68. The van der Waals surface area contributed by atoms with E-state index < -0.39 is 6.04 Å². The molecule has 2 amide bonds. The van der Waals surface area contributed by atoms with Crippen molar-refractivity contribution < 1.29 is 13.7 Å². The lowest BCUT2D eigenvalue weighted by molar-refractivity contribution is 0.244. The third-order valence-electron chi connectivity index (χ3n) is 5.51. The molecule has 1 atom stereocenters. The molecule has 0 bridgehead atoms. The van der Waals surface area contributed by atoms with Gasteiger partial charge in [-0.2, -0.15) is 4.98 Å². The molecule has 2 heterocycles. The molecule has 1 aromatic heterocycles. The van der Waals surface area contributed by atoms with Crippen molar-refractivity contribution in [3.05, 3.63) is 106 Å². The predicted molar refractivity (Wildman–Crippen MR) is 129 cm³/mol. The van der Waals surface area contributed by atoms with Gasteiger partial charge in [-0.05, 0) is 67.1 Å². The van der Waals surface area contributed by atoms with Crippen LogP contribution >= 0.6 is 23.2 Å². The van der Waals surface area contributed by atoms with Crippen LogP contribution in [0.1, 0.15) is 24.4 Å². The number of urea groups is 1. The number of nitrogens with zero attached hydrogens (tertiary/aromatic N) is 3. The Labute approximate surface area is 204 Å². The first-order valence-electron chi connectivity index (χ1n) is 10.3. The number of nitrogens with one attached hydrogen (secondary N) is 1. The number of amides is 2. The van der Waals surface area contributed by atoms with Crippen molar-refractivity contribution in [1.29, 1.82) is 0 Å². The van der Waals surface area contributed by atoms with Crippen molar-refractivity contribution in [2.45, 2.75) is 13.0 Å². The fourth-order valence-corrected chi connectivity index (χ4v) is 4.21. The topological polar surface area (TPSA) is 71.3 Å². The maximum atomic E-state index is 13.4. The first-order valence-corrected chi connectivity index (χ1v) is 11.1. The first-order chi connectivity index (χ1) is 16.4. The van der Waals surface area contributed by atoms with Crippen LogP contribution in [-0.4, -0.2) is 16.2 Å². The fraction of sp³-hybridized carbons (Fsp3) is 0.0800. The van der Waals surface area contributed by atoms with Crippen molar-refractivity contribution in [1.82, 2.24) is 15.5 Å². The molecular weight excluding hydrogens is 478 g/mol. The largest absolute Gasteiger partial charge is 0.334 e. The molecule has 1 unspecified atom stereocenters. The summed E-state index contributed by atoms with van der Waals surface area (Å²) in [7, 11) is 0.